The first kappa shape index (κ1) is 13.5. The van der Waals surface area contributed by atoms with Crippen LogP contribution in [0.4, 0.5) is 0 Å². The van der Waals surface area contributed by atoms with Crippen molar-refractivity contribution in [3.8, 4) is 29.8 Å². The van der Waals surface area contributed by atoms with Crippen LogP contribution in [0.5, 0.6) is 0 Å². The Morgan fingerprint density at radius 2 is 0.938 bits per heavy atom. The van der Waals surface area contributed by atoms with Gasteiger partial charge in [-0.1, -0.05) is 0 Å². The zero-order valence-electron chi connectivity index (χ0n) is 8.45. The second-order valence-electron chi connectivity index (χ2n) is 3.23. The van der Waals surface area contributed by atoms with Crippen molar-refractivity contribution in [2.45, 2.75) is 18.7 Å². The molecule has 0 amide bonds. The topological polar surface area (TPSA) is 143 Å². The molecule has 81 valence electrons. The Kier molecular flexibility index (Phi) is 1.97. The molecule has 0 saturated carbocycles. The van der Waals surface area contributed by atoms with Crippen LogP contribution in [0.1, 0.15) is 13.3 Å². The van der Waals surface area contributed by atoms with Crippen LogP contribution in [0.15, 0.2) is 0 Å². The quantitative estimate of drug-likeness (QED) is 0.683. The van der Waals surface area contributed by atoms with Crippen LogP contribution in [0.3, 0.4) is 0 Å². The SMILES string of the molecule is CC[CH2][Fe]([C]#N)([C]#N)([C]#N)([C]#N)([C]#N)[C]#N. The molecule has 0 N–H and O–H groups in total. The van der Waals surface area contributed by atoms with Crippen LogP contribution in [-0.2, 0) is 9.68 Å². The second-order valence-corrected chi connectivity index (χ2v) is 11.7. The predicted octanol–water partition coefficient (Wildman–Crippen LogP) is 1.46. The summed E-state index contributed by atoms with van der Waals surface area (Å²) < 4.78 is 0. The number of hydrogen-bond acceptors (Lipinski definition) is 6. The summed E-state index contributed by atoms with van der Waals surface area (Å²) in [6, 6.07) is 0. The summed E-state index contributed by atoms with van der Waals surface area (Å²) in [4.78, 5) is 7.46. The molecule has 0 aliphatic heterocycles. The first-order chi connectivity index (χ1) is 7.32. The van der Waals surface area contributed by atoms with Crippen molar-refractivity contribution >= 4 is 0 Å². The predicted molar refractivity (Wildman–Crippen MR) is 48.8 cm³/mol. The van der Waals surface area contributed by atoms with Crippen molar-refractivity contribution in [1.82, 2.24) is 0 Å². The van der Waals surface area contributed by atoms with E-state index >= 15 is 0 Å². The van der Waals surface area contributed by atoms with E-state index < -0.39 is 15.0 Å². The van der Waals surface area contributed by atoms with Crippen LogP contribution < -0.4 is 0 Å². The molecule has 0 aromatic heterocycles. The fourth-order valence-corrected chi connectivity index (χ4v) is 4.26. The molecule has 0 aliphatic rings. The van der Waals surface area contributed by atoms with Crippen LogP contribution in [0, 0.1) is 61.4 Å². The summed E-state index contributed by atoms with van der Waals surface area (Å²) >= 11 is 0. The van der Waals surface area contributed by atoms with Gasteiger partial charge in [-0.3, -0.25) is 0 Å². The standard InChI is InChI=1S/C3H7.6CN.Fe/c1-3-2;6*1-2;/h1,3H2,2H3;;;;;;;. The Bertz CT molecular complexity index is 490. The number of rotatable bonds is 2. The molecule has 0 aromatic carbocycles. The second kappa shape index (κ2) is 2.34. The van der Waals surface area contributed by atoms with Gasteiger partial charge in [0.15, 0.2) is 0 Å². The Balaban J connectivity index is 7.53. The summed E-state index contributed by atoms with van der Waals surface area (Å²) in [5.74, 6) is 0. The Hall–Kier alpha value is -2.54. The molecular formula is C9H7FeN6. The maximum atomic E-state index is 9.16. The van der Waals surface area contributed by atoms with Gasteiger partial charge in [0, 0.05) is 0 Å². The van der Waals surface area contributed by atoms with Gasteiger partial charge in [0.05, 0.1) is 0 Å². The van der Waals surface area contributed by atoms with E-state index in [1.54, 1.807) is 0 Å². The minimum absolute atomic E-state index is 0.0390. The molecule has 0 unspecified atom stereocenters. The van der Waals surface area contributed by atoms with Crippen molar-refractivity contribution in [2.24, 2.45) is 0 Å². The Labute approximate surface area is 90.0 Å². The van der Waals surface area contributed by atoms with E-state index in [0.717, 1.165) is 0 Å². The molecule has 0 fully saturated rings. The van der Waals surface area contributed by atoms with Gasteiger partial charge >= 0.3 is 89.7 Å². The zero-order chi connectivity index (χ0) is 13.0. The van der Waals surface area contributed by atoms with Gasteiger partial charge in [-0.2, -0.15) is 0 Å². The fraction of sp³-hybridized carbons (Fsp3) is 0.333. The molecule has 16 heavy (non-hydrogen) atoms. The number of nitrogens with zero attached hydrogens (tertiary/aromatic N) is 6. The van der Waals surface area contributed by atoms with Gasteiger partial charge in [-0.05, 0) is 0 Å². The third kappa shape index (κ3) is 0.766. The molecule has 0 atom stereocenters. The van der Waals surface area contributed by atoms with Gasteiger partial charge < -0.3 is 0 Å². The third-order valence-corrected chi connectivity index (χ3v) is 9.19. The summed E-state index contributed by atoms with van der Waals surface area (Å²) in [6.45, 7) is 1.49. The molecule has 0 aromatic rings. The van der Waals surface area contributed by atoms with Gasteiger partial charge in [0.1, 0.15) is 0 Å². The van der Waals surface area contributed by atoms with E-state index in [9.17, 15) is 0 Å². The van der Waals surface area contributed by atoms with Crippen molar-refractivity contribution in [1.29, 1.82) is 31.6 Å². The van der Waals surface area contributed by atoms with Crippen LogP contribution in [0.25, 0.3) is 0 Å². The van der Waals surface area contributed by atoms with Crippen LogP contribution in [0.2, 0.25) is 5.32 Å². The van der Waals surface area contributed by atoms with Crippen molar-refractivity contribution in [3.63, 3.8) is 0 Å². The Morgan fingerprint density at radius 3 is 1.00 bits per heavy atom. The first-order valence-electron chi connectivity index (χ1n) is 3.86. The molecule has 0 spiro atoms. The van der Waals surface area contributed by atoms with Gasteiger partial charge in [0.2, 0.25) is 0 Å². The average Bonchev–Trinajstić information content (AvgIpc) is 2.40. The molecule has 0 rings (SSSR count). The molecule has 0 heterocycles. The summed E-state index contributed by atoms with van der Waals surface area (Å²) in [5.41, 5.74) is 0. The molecule has 0 bridgehead atoms. The molecule has 7 heteroatoms. The third-order valence-electron chi connectivity index (χ3n) is 2.23. The zero-order valence-corrected chi connectivity index (χ0v) is 9.56. The van der Waals surface area contributed by atoms with Crippen molar-refractivity contribution in [3.05, 3.63) is 0 Å². The van der Waals surface area contributed by atoms with Gasteiger partial charge in [-0.15, -0.1) is 0 Å². The van der Waals surface area contributed by atoms with E-state index in [1.165, 1.54) is 36.7 Å². The minimum atomic E-state index is -6.88. The molecular weight excluding hydrogens is 248 g/mol. The average molecular weight is 255 g/mol. The maximum absolute atomic E-state index is 9.16. The monoisotopic (exact) mass is 255 g/mol. The van der Waals surface area contributed by atoms with E-state index in [4.69, 9.17) is 31.6 Å². The van der Waals surface area contributed by atoms with Crippen molar-refractivity contribution in [2.75, 3.05) is 0 Å². The van der Waals surface area contributed by atoms with Crippen LogP contribution in [-0.4, -0.2) is 0 Å². The molecule has 0 saturated heterocycles. The Morgan fingerprint density at radius 1 is 0.688 bits per heavy atom. The summed E-state index contributed by atoms with van der Waals surface area (Å²) in [6.07, 6.45) is 0.0390. The van der Waals surface area contributed by atoms with E-state index in [1.807, 2.05) is 0 Å². The first-order valence-corrected chi connectivity index (χ1v) is 7.95. The molecule has 0 radical (unpaired) electrons. The normalized spacial score (nSPS) is 15.8. The number of hydrogen-bond donors (Lipinski definition) is 0. The van der Waals surface area contributed by atoms with E-state index in [0.29, 0.717) is 0 Å². The van der Waals surface area contributed by atoms with E-state index in [2.05, 4.69) is 0 Å². The summed E-state index contributed by atoms with van der Waals surface area (Å²) in [7, 11) is -6.88. The van der Waals surface area contributed by atoms with Crippen LogP contribution >= 0.6 is 0 Å². The molecule has 6 nitrogen and oxygen atoms in total. The van der Waals surface area contributed by atoms with Crippen molar-refractivity contribution < 1.29 is 9.68 Å². The summed E-state index contributed by atoms with van der Waals surface area (Å²) in [5, 5.41) is 54.3. The van der Waals surface area contributed by atoms with Gasteiger partial charge in [0.25, 0.3) is 0 Å². The molecule has 0 aliphatic carbocycles. The van der Waals surface area contributed by atoms with Gasteiger partial charge in [-0.25, -0.2) is 0 Å². The fourth-order valence-electron chi connectivity index (χ4n) is 1.03. The number of nitriles is 6. The van der Waals surface area contributed by atoms with E-state index in [-0.39, 0.29) is 6.42 Å².